The number of hydrogen-bond acceptors (Lipinski definition) is 4. The second-order valence-electron chi connectivity index (χ2n) is 3.93. The van der Waals surface area contributed by atoms with E-state index in [1.165, 1.54) is 0 Å². The van der Waals surface area contributed by atoms with Gasteiger partial charge in [0.15, 0.2) is 0 Å². The fraction of sp³-hybridized carbons (Fsp3) is 0.500. The molecule has 0 aliphatic rings. The van der Waals surface area contributed by atoms with Crippen LogP contribution in [0.5, 0.6) is 0 Å². The van der Waals surface area contributed by atoms with E-state index in [0.29, 0.717) is 26.1 Å². The lowest BCUT2D eigenvalue weighted by molar-refractivity contribution is 0.202. The number of sulfonamides is 1. The highest BCUT2D eigenvalue weighted by molar-refractivity contribution is 7.89. The van der Waals surface area contributed by atoms with Crippen molar-refractivity contribution >= 4 is 10.0 Å². The maximum absolute atomic E-state index is 11.9. The molecule has 0 saturated heterocycles. The van der Waals surface area contributed by atoms with Gasteiger partial charge in [-0.15, -0.1) is 0 Å². The first-order chi connectivity index (χ1) is 8.60. The van der Waals surface area contributed by atoms with E-state index < -0.39 is 10.0 Å². The predicted molar refractivity (Wildman–Crippen MR) is 70.9 cm³/mol. The molecule has 3 N–H and O–H groups in total. The van der Waals surface area contributed by atoms with Gasteiger partial charge in [0.1, 0.15) is 0 Å². The van der Waals surface area contributed by atoms with Gasteiger partial charge in [-0.05, 0) is 37.1 Å². The third-order valence-electron chi connectivity index (χ3n) is 2.50. The molecule has 0 aliphatic carbocycles. The van der Waals surface area contributed by atoms with Gasteiger partial charge in [0.05, 0.1) is 11.5 Å². The standard InChI is InChI=1S/C12H20N2O3S/c1-17-10-7-11-3-5-12(6-4-11)18(15,16)14-9-2-8-13/h3-6,14H,2,7-10,13H2,1H3. The van der Waals surface area contributed by atoms with Crippen molar-refractivity contribution in [2.45, 2.75) is 17.7 Å². The zero-order valence-electron chi connectivity index (χ0n) is 10.6. The third kappa shape index (κ3) is 4.73. The molecule has 0 radical (unpaired) electrons. The van der Waals surface area contributed by atoms with Crippen LogP contribution in [0.2, 0.25) is 0 Å². The van der Waals surface area contributed by atoms with Crippen molar-refractivity contribution in [1.29, 1.82) is 0 Å². The Bertz CT molecular complexity index is 443. The van der Waals surface area contributed by atoms with E-state index in [1.54, 1.807) is 31.4 Å². The number of methoxy groups -OCH3 is 1. The Morgan fingerprint density at radius 1 is 1.28 bits per heavy atom. The molecule has 18 heavy (non-hydrogen) atoms. The molecule has 0 fully saturated rings. The molecule has 0 unspecified atom stereocenters. The molecule has 5 nitrogen and oxygen atoms in total. The summed E-state index contributed by atoms with van der Waals surface area (Å²) in [6.07, 6.45) is 1.41. The van der Waals surface area contributed by atoms with Crippen LogP contribution in [0.25, 0.3) is 0 Å². The number of nitrogens with two attached hydrogens (primary N) is 1. The molecule has 0 saturated carbocycles. The summed E-state index contributed by atoms with van der Waals surface area (Å²) < 4.78 is 31.2. The van der Waals surface area contributed by atoms with Gasteiger partial charge in [-0.3, -0.25) is 0 Å². The van der Waals surface area contributed by atoms with Gasteiger partial charge in [0, 0.05) is 13.7 Å². The summed E-state index contributed by atoms with van der Waals surface area (Å²) in [6, 6.07) is 6.82. The fourth-order valence-corrected chi connectivity index (χ4v) is 2.52. The van der Waals surface area contributed by atoms with Crippen LogP contribution in [-0.2, 0) is 21.2 Å². The highest BCUT2D eigenvalue weighted by Gasteiger charge is 2.12. The van der Waals surface area contributed by atoms with Crippen LogP contribution < -0.4 is 10.5 Å². The second kappa shape index (κ2) is 7.48. The molecule has 0 amide bonds. The minimum atomic E-state index is -3.41. The Balaban J connectivity index is 2.65. The Kier molecular flexibility index (Phi) is 6.28. The molecular weight excluding hydrogens is 252 g/mol. The molecule has 1 aromatic carbocycles. The summed E-state index contributed by atoms with van der Waals surface area (Å²) in [5, 5.41) is 0. The van der Waals surface area contributed by atoms with E-state index >= 15 is 0 Å². The maximum Gasteiger partial charge on any atom is 0.240 e. The molecule has 0 atom stereocenters. The summed E-state index contributed by atoms with van der Waals surface area (Å²) in [6.45, 7) is 1.46. The normalized spacial score (nSPS) is 11.7. The van der Waals surface area contributed by atoms with Crippen LogP contribution in [0.3, 0.4) is 0 Å². The average molecular weight is 272 g/mol. The van der Waals surface area contributed by atoms with E-state index in [1.807, 2.05) is 0 Å². The minimum Gasteiger partial charge on any atom is -0.384 e. The topological polar surface area (TPSA) is 81.4 Å². The summed E-state index contributed by atoms with van der Waals surface area (Å²) >= 11 is 0. The van der Waals surface area contributed by atoms with Crippen LogP contribution >= 0.6 is 0 Å². The van der Waals surface area contributed by atoms with Gasteiger partial charge >= 0.3 is 0 Å². The fourth-order valence-electron chi connectivity index (χ4n) is 1.45. The van der Waals surface area contributed by atoms with Crippen molar-refractivity contribution in [3.05, 3.63) is 29.8 Å². The van der Waals surface area contributed by atoms with Crippen molar-refractivity contribution in [2.75, 3.05) is 26.8 Å². The van der Waals surface area contributed by atoms with Gasteiger partial charge in [0.2, 0.25) is 10.0 Å². The second-order valence-corrected chi connectivity index (χ2v) is 5.69. The summed E-state index contributed by atoms with van der Waals surface area (Å²) in [5.74, 6) is 0. The summed E-state index contributed by atoms with van der Waals surface area (Å²) in [4.78, 5) is 0.278. The van der Waals surface area contributed by atoms with Crippen LogP contribution in [-0.4, -0.2) is 35.2 Å². The van der Waals surface area contributed by atoms with Crippen LogP contribution in [0, 0.1) is 0 Å². The molecule has 0 bridgehead atoms. The molecule has 0 heterocycles. The molecule has 102 valence electrons. The van der Waals surface area contributed by atoms with E-state index in [9.17, 15) is 8.42 Å². The Hall–Kier alpha value is -0.950. The van der Waals surface area contributed by atoms with Gasteiger partial charge < -0.3 is 10.5 Å². The Morgan fingerprint density at radius 3 is 2.50 bits per heavy atom. The predicted octanol–water partition coefficient (Wildman–Crippen LogP) is 0.503. The zero-order chi connectivity index (χ0) is 13.4. The average Bonchev–Trinajstić information content (AvgIpc) is 2.37. The van der Waals surface area contributed by atoms with Crippen molar-refractivity contribution in [3.8, 4) is 0 Å². The molecule has 6 heteroatoms. The number of hydrogen-bond donors (Lipinski definition) is 2. The van der Waals surface area contributed by atoms with E-state index in [-0.39, 0.29) is 4.90 Å². The minimum absolute atomic E-state index is 0.278. The first-order valence-electron chi connectivity index (χ1n) is 5.88. The van der Waals surface area contributed by atoms with E-state index in [2.05, 4.69) is 4.72 Å². The number of rotatable bonds is 8. The van der Waals surface area contributed by atoms with E-state index in [0.717, 1.165) is 12.0 Å². The zero-order valence-corrected chi connectivity index (χ0v) is 11.4. The first-order valence-corrected chi connectivity index (χ1v) is 7.36. The highest BCUT2D eigenvalue weighted by atomic mass is 32.2. The van der Waals surface area contributed by atoms with Crippen molar-refractivity contribution in [3.63, 3.8) is 0 Å². The molecule has 1 aromatic rings. The largest absolute Gasteiger partial charge is 0.384 e. The molecule has 0 aromatic heterocycles. The SMILES string of the molecule is COCCc1ccc(S(=O)(=O)NCCCN)cc1. The van der Waals surface area contributed by atoms with Crippen LogP contribution in [0.15, 0.2) is 29.2 Å². The Morgan fingerprint density at radius 2 is 1.94 bits per heavy atom. The van der Waals surface area contributed by atoms with Crippen LogP contribution in [0.1, 0.15) is 12.0 Å². The lowest BCUT2D eigenvalue weighted by atomic mass is 10.2. The van der Waals surface area contributed by atoms with Crippen molar-refractivity contribution in [1.82, 2.24) is 4.72 Å². The molecule has 0 spiro atoms. The van der Waals surface area contributed by atoms with Crippen molar-refractivity contribution < 1.29 is 13.2 Å². The number of nitrogens with one attached hydrogen (secondary N) is 1. The van der Waals surface area contributed by atoms with Crippen LogP contribution in [0.4, 0.5) is 0 Å². The molecule has 0 aliphatic heterocycles. The van der Waals surface area contributed by atoms with Gasteiger partial charge in [-0.1, -0.05) is 12.1 Å². The molecular formula is C12H20N2O3S. The number of ether oxygens (including phenoxy) is 1. The summed E-state index contributed by atoms with van der Waals surface area (Å²) in [5.41, 5.74) is 6.37. The van der Waals surface area contributed by atoms with E-state index in [4.69, 9.17) is 10.5 Å². The maximum atomic E-state index is 11.9. The van der Waals surface area contributed by atoms with Gasteiger partial charge in [-0.25, -0.2) is 13.1 Å². The monoisotopic (exact) mass is 272 g/mol. The Labute approximate surface area is 108 Å². The quantitative estimate of drug-likeness (QED) is 0.675. The smallest absolute Gasteiger partial charge is 0.240 e. The number of benzene rings is 1. The van der Waals surface area contributed by atoms with Crippen molar-refractivity contribution in [2.24, 2.45) is 5.73 Å². The van der Waals surface area contributed by atoms with Gasteiger partial charge in [-0.2, -0.15) is 0 Å². The highest BCUT2D eigenvalue weighted by Crippen LogP contribution is 2.10. The lowest BCUT2D eigenvalue weighted by Gasteiger charge is -2.07. The molecule has 1 rings (SSSR count). The lowest BCUT2D eigenvalue weighted by Crippen LogP contribution is -2.26. The first kappa shape index (κ1) is 15.1. The summed E-state index contributed by atoms with van der Waals surface area (Å²) in [7, 11) is -1.77. The van der Waals surface area contributed by atoms with Gasteiger partial charge in [0.25, 0.3) is 0 Å². The third-order valence-corrected chi connectivity index (χ3v) is 3.98.